The minimum Gasteiger partial charge on any atom is -0.496 e. The van der Waals surface area contributed by atoms with Crippen LogP contribution in [-0.4, -0.2) is 47.9 Å². The van der Waals surface area contributed by atoms with Crippen LogP contribution in [0.3, 0.4) is 0 Å². The summed E-state index contributed by atoms with van der Waals surface area (Å²) in [6, 6.07) is 3.32. The van der Waals surface area contributed by atoms with Gasteiger partial charge in [-0.1, -0.05) is 0 Å². The SMILES string of the molecule is COc1cc(OC)c(/C=C2/SC(=O)N(CC(=O)O)C2=O)cc1Br. The summed E-state index contributed by atoms with van der Waals surface area (Å²) in [4.78, 5) is 35.4. The smallest absolute Gasteiger partial charge is 0.323 e. The van der Waals surface area contributed by atoms with E-state index in [0.29, 0.717) is 38.2 Å². The zero-order valence-corrected chi connectivity index (χ0v) is 14.6. The second kappa shape index (κ2) is 7.05. The van der Waals surface area contributed by atoms with Gasteiger partial charge in [0.1, 0.15) is 18.0 Å². The zero-order valence-electron chi connectivity index (χ0n) is 12.2. The van der Waals surface area contributed by atoms with Crippen LogP contribution in [0, 0.1) is 0 Å². The molecule has 1 fully saturated rings. The predicted octanol–water partition coefficient (Wildman–Crippen LogP) is 2.59. The Morgan fingerprint density at radius 3 is 2.52 bits per heavy atom. The van der Waals surface area contributed by atoms with Crippen molar-refractivity contribution in [1.29, 1.82) is 0 Å². The van der Waals surface area contributed by atoms with Crippen LogP contribution in [0.2, 0.25) is 0 Å². The lowest BCUT2D eigenvalue weighted by Crippen LogP contribution is -2.33. The zero-order chi connectivity index (χ0) is 17.1. The van der Waals surface area contributed by atoms with E-state index in [1.165, 1.54) is 20.3 Å². The molecule has 0 unspecified atom stereocenters. The molecule has 0 radical (unpaired) electrons. The van der Waals surface area contributed by atoms with Crippen molar-refractivity contribution in [3.63, 3.8) is 0 Å². The van der Waals surface area contributed by atoms with E-state index < -0.39 is 23.7 Å². The molecular formula is C14H12BrNO6S. The first-order chi connectivity index (χ1) is 10.9. The van der Waals surface area contributed by atoms with Gasteiger partial charge < -0.3 is 14.6 Å². The van der Waals surface area contributed by atoms with E-state index in [1.807, 2.05) is 0 Å². The minimum absolute atomic E-state index is 0.131. The van der Waals surface area contributed by atoms with Gasteiger partial charge in [-0.05, 0) is 39.8 Å². The molecule has 1 saturated heterocycles. The normalized spacial score (nSPS) is 16.1. The molecule has 0 aliphatic carbocycles. The van der Waals surface area contributed by atoms with Gasteiger partial charge in [-0.15, -0.1) is 0 Å². The Labute approximate surface area is 144 Å². The van der Waals surface area contributed by atoms with E-state index >= 15 is 0 Å². The third-order valence-corrected chi connectivity index (χ3v) is 4.48. The van der Waals surface area contributed by atoms with Gasteiger partial charge in [0.15, 0.2) is 0 Å². The Morgan fingerprint density at radius 1 is 1.30 bits per heavy atom. The molecule has 7 nitrogen and oxygen atoms in total. The molecule has 1 aliphatic rings. The molecule has 1 N–H and O–H groups in total. The number of thioether (sulfide) groups is 1. The average Bonchev–Trinajstić information content (AvgIpc) is 2.75. The topological polar surface area (TPSA) is 93.1 Å². The largest absolute Gasteiger partial charge is 0.496 e. The van der Waals surface area contributed by atoms with Gasteiger partial charge in [-0.2, -0.15) is 0 Å². The fourth-order valence-corrected chi connectivity index (χ4v) is 3.26. The lowest BCUT2D eigenvalue weighted by atomic mass is 10.1. The number of carboxylic acid groups (broad SMARTS) is 1. The third kappa shape index (κ3) is 3.67. The third-order valence-electron chi connectivity index (χ3n) is 2.96. The van der Waals surface area contributed by atoms with Crippen LogP contribution in [0.4, 0.5) is 4.79 Å². The number of methoxy groups -OCH3 is 2. The van der Waals surface area contributed by atoms with Gasteiger partial charge >= 0.3 is 5.97 Å². The van der Waals surface area contributed by atoms with E-state index in [4.69, 9.17) is 14.6 Å². The maximum Gasteiger partial charge on any atom is 0.323 e. The Kier molecular flexibility index (Phi) is 5.32. The summed E-state index contributed by atoms with van der Waals surface area (Å²) in [6.07, 6.45) is 1.48. The lowest BCUT2D eigenvalue weighted by molar-refractivity contribution is -0.140. The van der Waals surface area contributed by atoms with E-state index in [2.05, 4.69) is 15.9 Å². The van der Waals surface area contributed by atoms with Crippen molar-refractivity contribution in [2.45, 2.75) is 0 Å². The highest BCUT2D eigenvalue weighted by atomic mass is 79.9. The fourth-order valence-electron chi connectivity index (χ4n) is 1.91. The number of nitrogens with zero attached hydrogens (tertiary/aromatic N) is 1. The maximum absolute atomic E-state index is 12.1. The molecule has 2 amide bonds. The van der Waals surface area contributed by atoms with Gasteiger partial charge in [-0.3, -0.25) is 19.3 Å². The number of imide groups is 1. The van der Waals surface area contributed by atoms with Crippen molar-refractivity contribution < 1.29 is 29.0 Å². The molecule has 9 heteroatoms. The van der Waals surface area contributed by atoms with Gasteiger partial charge in [0, 0.05) is 11.6 Å². The van der Waals surface area contributed by atoms with Crippen LogP contribution < -0.4 is 9.47 Å². The molecule has 2 rings (SSSR count). The quantitative estimate of drug-likeness (QED) is 0.757. The molecule has 1 heterocycles. The summed E-state index contributed by atoms with van der Waals surface area (Å²) in [7, 11) is 2.98. The van der Waals surface area contributed by atoms with Crippen molar-refractivity contribution in [3.8, 4) is 11.5 Å². The van der Waals surface area contributed by atoms with Crippen LogP contribution in [0.25, 0.3) is 6.08 Å². The summed E-state index contributed by atoms with van der Waals surface area (Å²) in [5, 5.41) is 8.13. The monoisotopic (exact) mass is 401 g/mol. The number of aliphatic carboxylic acids is 1. The highest BCUT2D eigenvalue weighted by Crippen LogP contribution is 2.37. The standard InChI is InChI=1S/C14H12BrNO6S/c1-21-9-5-10(22-2)8(15)3-7(9)4-11-13(19)16(6-12(17)18)14(20)23-11/h3-5H,6H2,1-2H3,(H,17,18)/b11-4+. The van der Waals surface area contributed by atoms with Gasteiger partial charge in [0.05, 0.1) is 23.6 Å². The van der Waals surface area contributed by atoms with Crippen molar-refractivity contribution in [2.24, 2.45) is 0 Å². The number of carboxylic acids is 1. The first-order valence-electron chi connectivity index (χ1n) is 6.26. The molecule has 0 spiro atoms. The summed E-state index contributed by atoms with van der Waals surface area (Å²) in [6.45, 7) is -0.661. The molecule has 23 heavy (non-hydrogen) atoms. The molecule has 1 aromatic rings. The van der Waals surface area contributed by atoms with E-state index in [1.54, 1.807) is 12.1 Å². The van der Waals surface area contributed by atoms with Crippen molar-refractivity contribution in [1.82, 2.24) is 4.90 Å². The van der Waals surface area contributed by atoms with Gasteiger partial charge in [0.25, 0.3) is 11.1 Å². The molecule has 1 aliphatic heterocycles. The van der Waals surface area contributed by atoms with E-state index in [-0.39, 0.29) is 4.91 Å². The second-order valence-corrected chi connectivity index (χ2v) is 6.24. The maximum atomic E-state index is 12.1. The Morgan fingerprint density at radius 2 is 1.96 bits per heavy atom. The number of rotatable bonds is 5. The number of halogens is 1. The summed E-state index contributed by atoms with van der Waals surface area (Å²) < 4.78 is 11.1. The Hall–Kier alpha value is -2.00. The molecular weight excluding hydrogens is 390 g/mol. The van der Waals surface area contributed by atoms with Gasteiger partial charge in [0.2, 0.25) is 0 Å². The fraction of sp³-hybridized carbons (Fsp3) is 0.214. The van der Waals surface area contributed by atoms with Crippen molar-refractivity contribution in [2.75, 3.05) is 20.8 Å². The van der Waals surface area contributed by atoms with Crippen molar-refractivity contribution >= 4 is 50.9 Å². The van der Waals surface area contributed by atoms with Crippen molar-refractivity contribution in [3.05, 3.63) is 27.1 Å². The number of amides is 2. The lowest BCUT2D eigenvalue weighted by Gasteiger charge is -2.10. The van der Waals surface area contributed by atoms with Crippen LogP contribution in [0.15, 0.2) is 21.5 Å². The molecule has 122 valence electrons. The van der Waals surface area contributed by atoms with E-state index in [9.17, 15) is 14.4 Å². The first kappa shape index (κ1) is 17.4. The summed E-state index contributed by atoms with van der Waals surface area (Å²) >= 11 is 4.02. The summed E-state index contributed by atoms with van der Waals surface area (Å²) in [5.41, 5.74) is 0.556. The van der Waals surface area contributed by atoms with Crippen LogP contribution in [0.5, 0.6) is 11.5 Å². The second-order valence-electron chi connectivity index (χ2n) is 4.39. The van der Waals surface area contributed by atoms with Crippen LogP contribution in [0.1, 0.15) is 5.56 Å². The Balaban J connectivity index is 2.39. The summed E-state index contributed by atoms with van der Waals surface area (Å²) in [5.74, 6) is -0.886. The molecule has 0 aromatic heterocycles. The first-order valence-corrected chi connectivity index (χ1v) is 7.87. The number of benzene rings is 1. The van der Waals surface area contributed by atoms with Crippen LogP contribution >= 0.6 is 27.7 Å². The number of hydrogen-bond acceptors (Lipinski definition) is 6. The highest BCUT2D eigenvalue weighted by molar-refractivity contribution is 9.10. The minimum atomic E-state index is -1.25. The molecule has 0 bridgehead atoms. The molecule has 0 atom stereocenters. The number of ether oxygens (including phenoxy) is 2. The highest BCUT2D eigenvalue weighted by Gasteiger charge is 2.36. The van der Waals surface area contributed by atoms with Gasteiger partial charge in [-0.25, -0.2) is 0 Å². The van der Waals surface area contributed by atoms with Crippen LogP contribution in [-0.2, 0) is 9.59 Å². The van der Waals surface area contributed by atoms with E-state index in [0.717, 1.165) is 0 Å². The number of carbonyl (C=O) groups excluding carboxylic acids is 2. The average molecular weight is 402 g/mol. The molecule has 1 aromatic carbocycles. The predicted molar refractivity (Wildman–Crippen MR) is 87.6 cm³/mol. The molecule has 0 saturated carbocycles. The number of carbonyl (C=O) groups is 3. The Bertz CT molecular complexity index is 717. The number of hydrogen-bond donors (Lipinski definition) is 1.